The molecule has 0 bridgehead atoms. The quantitative estimate of drug-likeness (QED) is 0.803. The van der Waals surface area contributed by atoms with Crippen molar-refractivity contribution in [2.24, 2.45) is 11.3 Å². The maximum absolute atomic E-state index is 12.4. The van der Waals surface area contributed by atoms with Gasteiger partial charge in [0.1, 0.15) is 0 Å². The van der Waals surface area contributed by atoms with Crippen molar-refractivity contribution in [1.82, 2.24) is 0 Å². The second kappa shape index (κ2) is 4.14. The highest BCUT2D eigenvalue weighted by Crippen LogP contribution is 2.57. The van der Waals surface area contributed by atoms with Gasteiger partial charge in [-0.1, -0.05) is 18.2 Å². The smallest absolute Gasteiger partial charge is 0.394 e. The highest BCUT2D eigenvalue weighted by Gasteiger charge is 2.53. The molecule has 96 valence electrons. The third kappa shape index (κ3) is 2.26. The van der Waals surface area contributed by atoms with E-state index in [9.17, 15) is 18.3 Å². The van der Waals surface area contributed by atoms with Crippen LogP contribution in [0.3, 0.4) is 0 Å². The molecule has 2 aliphatic rings. The molecule has 17 heavy (non-hydrogen) atoms. The summed E-state index contributed by atoms with van der Waals surface area (Å²) in [6, 6.07) is 0. The monoisotopic (exact) mass is 248 g/mol. The van der Waals surface area contributed by atoms with Gasteiger partial charge in [-0.05, 0) is 25.2 Å². The van der Waals surface area contributed by atoms with Crippen LogP contribution in [0.2, 0.25) is 0 Å². The lowest BCUT2D eigenvalue weighted by Crippen LogP contribution is -2.32. The zero-order valence-corrected chi connectivity index (χ0v) is 9.24. The fourth-order valence-corrected chi connectivity index (χ4v) is 2.53. The van der Waals surface area contributed by atoms with Crippen molar-refractivity contribution >= 4 is 0 Å². The van der Waals surface area contributed by atoms with Crippen LogP contribution in [0.4, 0.5) is 13.2 Å². The standard InChI is InChI=1S/C12H15F3O2/c13-12(14,15)9-3-1-8(2-4-9)11(5-6-11)10(17)7-16/h1,3-4,8,10,16-17H,2,5-7H2. The maximum Gasteiger partial charge on any atom is 0.416 e. The van der Waals surface area contributed by atoms with E-state index >= 15 is 0 Å². The van der Waals surface area contributed by atoms with Crippen LogP contribution in [0, 0.1) is 11.3 Å². The summed E-state index contributed by atoms with van der Waals surface area (Å²) >= 11 is 0. The lowest BCUT2D eigenvalue weighted by molar-refractivity contribution is -0.0889. The van der Waals surface area contributed by atoms with E-state index in [1.165, 1.54) is 12.2 Å². The molecule has 2 unspecified atom stereocenters. The van der Waals surface area contributed by atoms with E-state index < -0.39 is 23.3 Å². The van der Waals surface area contributed by atoms with Gasteiger partial charge in [0.15, 0.2) is 0 Å². The van der Waals surface area contributed by atoms with Crippen molar-refractivity contribution in [2.75, 3.05) is 6.61 Å². The van der Waals surface area contributed by atoms with E-state index in [-0.39, 0.29) is 18.9 Å². The van der Waals surface area contributed by atoms with Gasteiger partial charge in [-0.15, -0.1) is 0 Å². The zero-order chi connectivity index (χ0) is 12.7. The molecule has 0 amide bonds. The Balaban J connectivity index is 2.06. The normalized spacial score (nSPS) is 28.8. The van der Waals surface area contributed by atoms with Crippen LogP contribution < -0.4 is 0 Å². The Morgan fingerprint density at radius 2 is 2.06 bits per heavy atom. The Morgan fingerprint density at radius 1 is 1.41 bits per heavy atom. The maximum atomic E-state index is 12.4. The molecule has 2 nitrogen and oxygen atoms in total. The number of allylic oxidation sites excluding steroid dienone is 4. The van der Waals surface area contributed by atoms with E-state index in [0.717, 1.165) is 18.9 Å². The summed E-state index contributed by atoms with van der Waals surface area (Å²) < 4.78 is 37.2. The van der Waals surface area contributed by atoms with Crippen molar-refractivity contribution in [1.29, 1.82) is 0 Å². The average Bonchev–Trinajstić information content (AvgIpc) is 3.08. The van der Waals surface area contributed by atoms with Gasteiger partial charge in [-0.3, -0.25) is 0 Å². The molecule has 0 heterocycles. The van der Waals surface area contributed by atoms with Gasteiger partial charge in [0.2, 0.25) is 0 Å². The lowest BCUT2D eigenvalue weighted by Gasteiger charge is -2.29. The first-order chi connectivity index (χ1) is 7.90. The highest BCUT2D eigenvalue weighted by atomic mass is 19.4. The molecule has 0 aliphatic heterocycles. The highest BCUT2D eigenvalue weighted by molar-refractivity contribution is 5.30. The molecule has 2 atom stereocenters. The van der Waals surface area contributed by atoms with Crippen LogP contribution in [0.15, 0.2) is 23.8 Å². The van der Waals surface area contributed by atoms with Crippen LogP contribution in [-0.4, -0.2) is 29.1 Å². The first-order valence-corrected chi connectivity index (χ1v) is 5.64. The van der Waals surface area contributed by atoms with E-state index in [2.05, 4.69) is 0 Å². The minimum Gasteiger partial charge on any atom is -0.394 e. The molecule has 0 radical (unpaired) electrons. The van der Waals surface area contributed by atoms with Gasteiger partial charge in [-0.2, -0.15) is 13.2 Å². The summed E-state index contributed by atoms with van der Waals surface area (Å²) in [7, 11) is 0. The fourth-order valence-electron chi connectivity index (χ4n) is 2.53. The second-order valence-electron chi connectivity index (χ2n) is 4.79. The lowest BCUT2D eigenvalue weighted by atomic mass is 9.79. The molecule has 1 saturated carbocycles. The Bertz CT molecular complexity index is 353. The third-order valence-corrected chi connectivity index (χ3v) is 3.83. The Kier molecular flexibility index (Phi) is 3.08. The second-order valence-corrected chi connectivity index (χ2v) is 4.79. The number of hydrogen-bond donors (Lipinski definition) is 2. The predicted molar refractivity (Wildman–Crippen MR) is 56.1 cm³/mol. The molecule has 2 N–H and O–H groups in total. The van der Waals surface area contributed by atoms with Crippen molar-refractivity contribution in [3.8, 4) is 0 Å². The number of aliphatic hydroxyl groups excluding tert-OH is 2. The molecule has 0 saturated heterocycles. The van der Waals surface area contributed by atoms with E-state index in [4.69, 9.17) is 5.11 Å². The molecule has 0 aromatic heterocycles. The molecule has 2 aliphatic carbocycles. The molecule has 0 aromatic rings. The van der Waals surface area contributed by atoms with Crippen LogP contribution in [0.25, 0.3) is 0 Å². The molecular formula is C12H15F3O2. The van der Waals surface area contributed by atoms with Gasteiger partial charge in [-0.25, -0.2) is 0 Å². The van der Waals surface area contributed by atoms with Gasteiger partial charge in [0, 0.05) is 5.41 Å². The SMILES string of the molecule is OCC(O)C1(C2C=CC(C(F)(F)F)=CC2)CC1. The van der Waals surface area contributed by atoms with Gasteiger partial charge >= 0.3 is 6.18 Å². The summed E-state index contributed by atoms with van der Waals surface area (Å²) in [5.74, 6) is -0.101. The van der Waals surface area contributed by atoms with Gasteiger partial charge in [0.25, 0.3) is 0 Å². The molecule has 1 fully saturated rings. The van der Waals surface area contributed by atoms with Crippen LogP contribution in [-0.2, 0) is 0 Å². The van der Waals surface area contributed by atoms with E-state index in [1.54, 1.807) is 0 Å². The average molecular weight is 248 g/mol. The zero-order valence-electron chi connectivity index (χ0n) is 9.24. The first-order valence-electron chi connectivity index (χ1n) is 5.64. The molecule has 0 spiro atoms. The number of alkyl halides is 3. The fraction of sp³-hybridized carbons (Fsp3) is 0.667. The van der Waals surface area contributed by atoms with Crippen LogP contribution in [0.5, 0.6) is 0 Å². The molecule has 2 rings (SSSR count). The summed E-state index contributed by atoms with van der Waals surface area (Å²) in [5.41, 5.74) is -1.03. The number of hydrogen-bond acceptors (Lipinski definition) is 2. The van der Waals surface area contributed by atoms with Crippen LogP contribution in [0.1, 0.15) is 19.3 Å². The number of aliphatic hydroxyl groups is 2. The largest absolute Gasteiger partial charge is 0.416 e. The topological polar surface area (TPSA) is 40.5 Å². The number of halogens is 3. The predicted octanol–water partition coefficient (Wildman–Crippen LogP) is 2.18. The van der Waals surface area contributed by atoms with Crippen molar-refractivity contribution in [3.63, 3.8) is 0 Å². The summed E-state index contributed by atoms with van der Waals surface area (Å²) in [6.45, 7) is -0.333. The van der Waals surface area contributed by atoms with Gasteiger partial charge < -0.3 is 10.2 Å². The van der Waals surface area contributed by atoms with Gasteiger partial charge in [0.05, 0.1) is 18.3 Å². The Morgan fingerprint density at radius 3 is 2.41 bits per heavy atom. The van der Waals surface area contributed by atoms with Crippen molar-refractivity contribution in [2.45, 2.75) is 31.5 Å². The van der Waals surface area contributed by atoms with E-state index in [0.29, 0.717) is 0 Å². The Labute approximate surface area is 97.4 Å². The van der Waals surface area contributed by atoms with Crippen molar-refractivity contribution < 1.29 is 23.4 Å². The number of rotatable bonds is 3. The Hall–Kier alpha value is -0.810. The first kappa shape index (κ1) is 12.6. The summed E-state index contributed by atoms with van der Waals surface area (Å²) in [4.78, 5) is 0. The molecule has 0 aromatic carbocycles. The van der Waals surface area contributed by atoms with Crippen LogP contribution >= 0.6 is 0 Å². The minimum absolute atomic E-state index is 0.101. The summed E-state index contributed by atoms with van der Waals surface area (Å²) in [5, 5.41) is 18.7. The molecular weight excluding hydrogens is 233 g/mol. The van der Waals surface area contributed by atoms with E-state index in [1.807, 2.05) is 0 Å². The molecule has 5 heteroatoms. The van der Waals surface area contributed by atoms with Crippen molar-refractivity contribution in [3.05, 3.63) is 23.8 Å². The third-order valence-electron chi connectivity index (χ3n) is 3.83. The summed E-state index contributed by atoms with van der Waals surface area (Å²) in [6.07, 6.45) is 0.452. The minimum atomic E-state index is -4.30.